The lowest BCUT2D eigenvalue weighted by Crippen LogP contribution is -2.39. The molecule has 16 heavy (non-hydrogen) atoms. The molecule has 0 aromatic heterocycles. The number of rotatable bonds is 3. The predicted octanol–water partition coefficient (Wildman–Crippen LogP) is 4.34. The third kappa shape index (κ3) is 2.32. The van der Waals surface area contributed by atoms with Gasteiger partial charge in [0.25, 0.3) is 0 Å². The molecular weight excluding hydrogens is 262 g/mol. The van der Waals surface area contributed by atoms with Crippen molar-refractivity contribution in [1.29, 1.82) is 0 Å². The number of nitrogens with zero attached hydrogens (tertiary/aromatic N) is 1. The molecule has 2 rings (SSSR count). The summed E-state index contributed by atoms with van der Waals surface area (Å²) in [5, 5.41) is 0. The number of hydrogen-bond acceptors (Lipinski definition) is 1. The molecule has 0 saturated carbocycles. The number of anilines is 1. The molecule has 0 amide bonds. The van der Waals surface area contributed by atoms with Crippen LogP contribution in [0.15, 0.2) is 40.9 Å². The summed E-state index contributed by atoms with van der Waals surface area (Å²) in [7, 11) is 0. The molecule has 0 N–H and O–H groups in total. The van der Waals surface area contributed by atoms with Gasteiger partial charge in [-0.1, -0.05) is 40.2 Å². The standard InChI is InChI=1S/C14H18BrN/c1-11(2)16(12-7-4-3-5-8-12)14-10-6-9-13(14)15/h3-5,7-9,11,14H,6,10H2,1-2H3. The summed E-state index contributed by atoms with van der Waals surface area (Å²) in [6, 6.07) is 11.7. The van der Waals surface area contributed by atoms with Gasteiger partial charge in [-0.05, 0) is 38.8 Å². The van der Waals surface area contributed by atoms with Crippen molar-refractivity contribution >= 4 is 21.6 Å². The minimum Gasteiger partial charge on any atom is -0.362 e. The fourth-order valence-electron chi connectivity index (χ4n) is 2.36. The molecule has 0 spiro atoms. The Balaban J connectivity index is 2.28. The second-order valence-electron chi connectivity index (χ2n) is 4.52. The first-order valence-corrected chi connectivity index (χ1v) is 6.68. The highest BCUT2D eigenvalue weighted by Crippen LogP contribution is 2.33. The van der Waals surface area contributed by atoms with Crippen LogP contribution in [0.5, 0.6) is 0 Å². The lowest BCUT2D eigenvalue weighted by Gasteiger charge is -2.35. The van der Waals surface area contributed by atoms with Gasteiger partial charge in [-0.3, -0.25) is 0 Å². The van der Waals surface area contributed by atoms with Gasteiger partial charge in [-0.25, -0.2) is 0 Å². The molecule has 1 unspecified atom stereocenters. The highest BCUT2D eigenvalue weighted by Gasteiger charge is 2.26. The number of allylic oxidation sites excluding steroid dienone is 1. The first kappa shape index (κ1) is 11.7. The molecule has 0 aliphatic heterocycles. The van der Waals surface area contributed by atoms with Crippen LogP contribution < -0.4 is 4.90 Å². The molecule has 0 bridgehead atoms. The van der Waals surface area contributed by atoms with E-state index < -0.39 is 0 Å². The number of benzene rings is 1. The Morgan fingerprint density at radius 3 is 2.44 bits per heavy atom. The molecule has 2 heteroatoms. The normalized spacial score (nSPS) is 20.0. The van der Waals surface area contributed by atoms with Crippen LogP contribution in [0.25, 0.3) is 0 Å². The highest BCUT2D eigenvalue weighted by atomic mass is 79.9. The largest absolute Gasteiger partial charge is 0.362 e. The maximum absolute atomic E-state index is 3.69. The van der Waals surface area contributed by atoms with E-state index in [-0.39, 0.29) is 0 Å². The SMILES string of the molecule is CC(C)N(c1ccccc1)C1CCC=C1Br. The monoisotopic (exact) mass is 279 g/mol. The molecule has 0 saturated heterocycles. The van der Waals surface area contributed by atoms with E-state index in [1.165, 1.54) is 23.0 Å². The summed E-state index contributed by atoms with van der Waals surface area (Å²) in [5.41, 5.74) is 1.31. The van der Waals surface area contributed by atoms with Crippen LogP contribution >= 0.6 is 15.9 Å². The molecule has 1 nitrogen and oxygen atoms in total. The third-order valence-corrected chi connectivity index (χ3v) is 3.90. The van der Waals surface area contributed by atoms with Crippen LogP contribution in [-0.2, 0) is 0 Å². The Hall–Kier alpha value is -0.760. The summed E-state index contributed by atoms with van der Waals surface area (Å²) < 4.78 is 1.34. The van der Waals surface area contributed by atoms with Gasteiger partial charge < -0.3 is 4.90 Å². The average molecular weight is 280 g/mol. The molecule has 0 fully saturated rings. The topological polar surface area (TPSA) is 3.24 Å². The molecule has 1 atom stereocenters. The second kappa shape index (κ2) is 5.05. The van der Waals surface area contributed by atoms with Crippen molar-refractivity contribution in [3.63, 3.8) is 0 Å². The van der Waals surface area contributed by atoms with E-state index in [0.29, 0.717) is 12.1 Å². The smallest absolute Gasteiger partial charge is 0.0610 e. The fraction of sp³-hybridized carbons (Fsp3) is 0.429. The lowest BCUT2D eigenvalue weighted by atomic mass is 10.1. The van der Waals surface area contributed by atoms with E-state index in [0.717, 1.165) is 0 Å². The van der Waals surface area contributed by atoms with Gasteiger partial charge in [0, 0.05) is 16.2 Å². The maximum Gasteiger partial charge on any atom is 0.0610 e. The van der Waals surface area contributed by atoms with Crippen molar-refractivity contribution in [2.45, 2.75) is 38.8 Å². The lowest BCUT2D eigenvalue weighted by molar-refractivity contribution is 0.598. The molecule has 0 heterocycles. The third-order valence-electron chi connectivity index (χ3n) is 3.04. The van der Waals surface area contributed by atoms with Crippen molar-refractivity contribution in [2.75, 3.05) is 4.90 Å². The van der Waals surface area contributed by atoms with Gasteiger partial charge in [0.05, 0.1) is 6.04 Å². The van der Waals surface area contributed by atoms with Crippen molar-refractivity contribution in [3.8, 4) is 0 Å². The molecule has 0 radical (unpaired) electrons. The van der Waals surface area contributed by atoms with Crippen LogP contribution in [0.1, 0.15) is 26.7 Å². The summed E-state index contributed by atoms with van der Waals surface area (Å²) in [6.07, 6.45) is 4.69. The Morgan fingerprint density at radius 1 is 1.25 bits per heavy atom. The van der Waals surface area contributed by atoms with Crippen LogP contribution in [0, 0.1) is 0 Å². The molecule has 86 valence electrons. The molecule has 1 aliphatic carbocycles. The maximum atomic E-state index is 3.69. The average Bonchev–Trinajstić information content (AvgIpc) is 2.66. The zero-order chi connectivity index (χ0) is 11.5. The van der Waals surface area contributed by atoms with Crippen molar-refractivity contribution in [3.05, 3.63) is 40.9 Å². The minimum atomic E-state index is 0.516. The van der Waals surface area contributed by atoms with Gasteiger partial charge in [0.15, 0.2) is 0 Å². The van der Waals surface area contributed by atoms with E-state index in [1.807, 2.05) is 0 Å². The second-order valence-corrected chi connectivity index (χ2v) is 5.43. The predicted molar refractivity (Wildman–Crippen MR) is 74.1 cm³/mol. The number of halogens is 1. The van der Waals surface area contributed by atoms with Crippen LogP contribution in [0.2, 0.25) is 0 Å². The highest BCUT2D eigenvalue weighted by molar-refractivity contribution is 9.11. The molecule has 1 aliphatic rings. The first-order valence-electron chi connectivity index (χ1n) is 5.89. The van der Waals surface area contributed by atoms with Crippen molar-refractivity contribution in [1.82, 2.24) is 0 Å². The van der Waals surface area contributed by atoms with Crippen LogP contribution in [-0.4, -0.2) is 12.1 Å². The summed E-state index contributed by atoms with van der Waals surface area (Å²) in [5.74, 6) is 0. The van der Waals surface area contributed by atoms with Crippen LogP contribution in [0.4, 0.5) is 5.69 Å². The quantitative estimate of drug-likeness (QED) is 0.796. The summed E-state index contributed by atoms with van der Waals surface area (Å²) in [4.78, 5) is 2.49. The van der Waals surface area contributed by atoms with E-state index in [2.05, 4.69) is 71.1 Å². The first-order chi connectivity index (χ1) is 7.70. The van der Waals surface area contributed by atoms with Gasteiger partial charge in [-0.2, -0.15) is 0 Å². The zero-order valence-corrected chi connectivity index (χ0v) is 11.4. The number of hydrogen-bond donors (Lipinski definition) is 0. The zero-order valence-electron chi connectivity index (χ0n) is 9.86. The van der Waals surface area contributed by atoms with Crippen molar-refractivity contribution in [2.24, 2.45) is 0 Å². The number of para-hydroxylation sites is 1. The van der Waals surface area contributed by atoms with Gasteiger partial charge in [0.2, 0.25) is 0 Å². The molecule has 1 aromatic carbocycles. The Kier molecular flexibility index (Phi) is 3.70. The summed E-state index contributed by atoms with van der Waals surface area (Å²) in [6.45, 7) is 4.51. The Morgan fingerprint density at radius 2 is 1.94 bits per heavy atom. The fourth-order valence-corrected chi connectivity index (χ4v) is 3.04. The Bertz CT molecular complexity index is 370. The Labute approximate surface area is 106 Å². The van der Waals surface area contributed by atoms with E-state index in [9.17, 15) is 0 Å². The minimum absolute atomic E-state index is 0.516. The van der Waals surface area contributed by atoms with E-state index in [4.69, 9.17) is 0 Å². The molecular formula is C14H18BrN. The summed E-state index contributed by atoms with van der Waals surface area (Å²) >= 11 is 3.69. The van der Waals surface area contributed by atoms with Crippen molar-refractivity contribution < 1.29 is 0 Å². The molecule has 1 aromatic rings. The van der Waals surface area contributed by atoms with Gasteiger partial charge in [0.1, 0.15) is 0 Å². The van der Waals surface area contributed by atoms with Gasteiger partial charge >= 0.3 is 0 Å². The van der Waals surface area contributed by atoms with E-state index >= 15 is 0 Å². The van der Waals surface area contributed by atoms with E-state index in [1.54, 1.807) is 0 Å². The van der Waals surface area contributed by atoms with Crippen LogP contribution in [0.3, 0.4) is 0 Å². The van der Waals surface area contributed by atoms with Gasteiger partial charge in [-0.15, -0.1) is 0 Å².